The van der Waals surface area contributed by atoms with Gasteiger partial charge in [0.05, 0.1) is 19.3 Å². The van der Waals surface area contributed by atoms with Crippen LogP contribution >= 0.6 is 24.2 Å². The Kier molecular flexibility index (Phi) is 8.83. The number of hydrogen-bond donors (Lipinski definition) is 1. The van der Waals surface area contributed by atoms with Gasteiger partial charge in [-0.05, 0) is 56.6 Å². The quantitative estimate of drug-likeness (QED) is 0.488. The minimum atomic E-state index is -0.745. The van der Waals surface area contributed by atoms with Crippen molar-refractivity contribution in [3.05, 3.63) is 65.1 Å². The number of nitrogens with zero attached hydrogens (tertiary/aromatic N) is 2. The van der Waals surface area contributed by atoms with Crippen LogP contribution in [0.25, 0.3) is 0 Å². The van der Waals surface area contributed by atoms with E-state index in [1.807, 2.05) is 24.3 Å². The molecule has 2 saturated heterocycles. The van der Waals surface area contributed by atoms with Gasteiger partial charge in [-0.1, -0.05) is 34.1 Å². The van der Waals surface area contributed by atoms with E-state index in [2.05, 4.69) is 44.5 Å². The highest BCUT2D eigenvalue weighted by Crippen LogP contribution is 2.66. The smallest absolute Gasteiger partial charge is 0.0877 e. The van der Waals surface area contributed by atoms with Crippen LogP contribution in [0.5, 0.6) is 0 Å². The molecule has 1 aliphatic carbocycles. The molecule has 0 spiro atoms. The number of rotatable bonds is 9. The molecule has 2 heterocycles. The van der Waals surface area contributed by atoms with Gasteiger partial charge in [0.25, 0.3) is 0 Å². The Morgan fingerprint density at radius 1 is 1.03 bits per heavy atom. The van der Waals surface area contributed by atoms with E-state index in [-0.39, 0.29) is 0 Å². The molecule has 0 bridgehead atoms. The van der Waals surface area contributed by atoms with Gasteiger partial charge in [0.1, 0.15) is 0 Å². The second kappa shape index (κ2) is 11.4. The van der Waals surface area contributed by atoms with Crippen molar-refractivity contribution in [1.29, 1.82) is 0 Å². The minimum Gasteiger partial charge on any atom is -0.388 e. The summed E-state index contributed by atoms with van der Waals surface area (Å²) in [5.41, 5.74) is 2.18. The average molecular weight is 508 g/mol. The average Bonchev–Trinajstić information content (AvgIpc) is 3.52. The molecule has 1 N–H and O–H groups in total. The number of ether oxygens (including phenoxy) is 2. The maximum Gasteiger partial charge on any atom is 0.0877 e. The van der Waals surface area contributed by atoms with Crippen molar-refractivity contribution in [1.82, 2.24) is 9.34 Å². The van der Waals surface area contributed by atoms with Crippen LogP contribution in [-0.2, 0) is 9.47 Å². The van der Waals surface area contributed by atoms with Gasteiger partial charge in [-0.25, -0.2) is 0 Å². The third kappa shape index (κ3) is 5.21. The van der Waals surface area contributed by atoms with Crippen LogP contribution in [0.3, 0.4) is 0 Å². The molecule has 4 rings (SSSR count). The monoisotopic (exact) mass is 507 g/mol. The van der Waals surface area contributed by atoms with Gasteiger partial charge in [-0.2, -0.15) is 0 Å². The molecule has 1 aromatic rings. The molecule has 31 heavy (non-hydrogen) atoms. The summed E-state index contributed by atoms with van der Waals surface area (Å²) < 4.78 is 17.5. The van der Waals surface area contributed by atoms with E-state index in [0.29, 0.717) is 12.1 Å². The largest absolute Gasteiger partial charge is 0.388 e. The summed E-state index contributed by atoms with van der Waals surface area (Å²) in [6.45, 7) is 3.66. The van der Waals surface area contributed by atoms with Crippen molar-refractivity contribution in [3.8, 4) is 0 Å². The zero-order valence-corrected chi connectivity index (χ0v) is 20.9. The number of halogens is 1. The third-order valence-electron chi connectivity index (χ3n) is 6.43. The van der Waals surface area contributed by atoms with Crippen molar-refractivity contribution in [2.45, 2.75) is 43.9 Å². The fraction of sp³-hybridized carbons (Fsp3) is 0.542. The Balaban J connectivity index is 1.64. The highest BCUT2D eigenvalue weighted by atomic mass is 79.9. The standard InChI is InChI=1S/C24H33BrN2O3P/c1-29-16-18-8-6-14-26(18)31(27-15-7-9-19(27)17-30-2)23-13-5-11-21(23)24(28)20-10-3-4-12-22(20)25/h3-5,10-13,18-19,24,28H,6-9,14-17H2,1-2H3/t18-,19-,24-/m0/s1. The lowest BCUT2D eigenvalue weighted by molar-refractivity contribution is 0.137. The highest BCUT2D eigenvalue weighted by molar-refractivity contribution is 9.10. The van der Waals surface area contributed by atoms with Crippen molar-refractivity contribution < 1.29 is 14.6 Å². The Hall–Kier alpha value is -0.0700. The Morgan fingerprint density at radius 3 is 2.23 bits per heavy atom. The number of benzene rings is 1. The molecule has 5 nitrogen and oxygen atoms in total. The van der Waals surface area contributed by atoms with E-state index >= 15 is 0 Å². The predicted molar refractivity (Wildman–Crippen MR) is 129 cm³/mol. The van der Waals surface area contributed by atoms with Crippen LogP contribution in [0, 0.1) is 30.8 Å². The second-order valence-electron chi connectivity index (χ2n) is 8.41. The Morgan fingerprint density at radius 2 is 1.65 bits per heavy atom. The van der Waals surface area contributed by atoms with Gasteiger partial charge in [-0.15, -0.1) is 0 Å². The molecule has 0 amide bonds. The lowest BCUT2D eigenvalue weighted by Gasteiger charge is -2.45. The van der Waals surface area contributed by atoms with Crippen molar-refractivity contribution in [3.63, 3.8) is 0 Å². The van der Waals surface area contributed by atoms with Crippen LogP contribution < -0.4 is 0 Å². The van der Waals surface area contributed by atoms with Gasteiger partial charge in [0.2, 0.25) is 0 Å². The first-order valence-electron chi connectivity index (χ1n) is 11.1. The van der Waals surface area contributed by atoms with Crippen molar-refractivity contribution in [2.75, 3.05) is 40.5 Å². The van der Waals surface area contributed by atoms with E-state index in [1.165, 1.54) is 18.5 Å². The molecule has 0 unspecified atom stereocenters. The summed E-state index contributed by atoms with van der Waals surface area (Å²) in [5.74, 6) is 1.02. The highest BCUT2D eigenvalue weighted by Gasteiger charge is 2.49. The second-order valence-corrected chi connectivity index (χ2v) is 11.4. The fourth-order valence-corrected chi connectivity index (χ4v) is 8.63. The van der Waals surface area contributed by atoms with Crippen LogP contribution in [0.15, 0.2) is 28.7 Å². The maximum absolute atomic E-state index is 11.4. The minimum absolute atomic E-state index is 0.420. The molecule has 7 heteroatoms. The molecule has 3 atom stereocenters. The van der Waals surface area contributed by atoms with E-state index in [1.54, 1.807) is 14.2 Å². The molecule has 169 valence electrons. The first-order valence-corrected chi connectivity index (χ1v) is 13.2. The predicted octanol–water partition coefficient (Wildman–Crippen LogP) is 4.75. The first-order chi connectivity index (χ1) is 15.2. The van der Waals surface area contributed by atoms with E-state index < -0.39 is 14.3 Å². The molecule has 3 aliphatic rings. The molecule has 3 fully saturated rings. The zero-order chi connectivity index (χ0) is 21.8. The molecular formula is C24H33BrN2O3P. The summed E-state index contributed by atoms with van der Waals surface area (Å²) in [4.78, 5) is 0. The summed E-state index contributed by atoms with van der Waals surface area (Å²) in [5, 5.41) is 11.4. The van der Waals surface area contributed by atoms with Gasteiger partial charge < -0.3 is 14.6 Å². The molecular weight excluding hydrogens is 475 g/mol. The molecule has 1 saturated carbocycles. The SMILES string of the molecule is COC[C@@H]1CCCN1P([C]1[CH][CH][CH][C]1[C@@H](O)c1ccccc1Br)N1CCC[C@H]1COC. The lowest BCUT2D eigenvalue weighted by Crippen LogP contribution is -2.40. The number of methoxy groups -OCH3 is 2. The topological polar surface area (TPSA) is 45.2 Å². The van der Waals surface area contributed by atoms with E-state index in [0.717, 1.165) is 55.1 Å². The normalized spacial score (nSPS) is 27.6. The van der Waals surface area contributed by atoms with Crippen molar-refractivity contribution in [2.24, 2.45) is 0 Å². The Labute approximate surface area is 197 Å². The number of hydrogen-bond acceptors (Lipinski definition) is 5. The molecule has 5 radical (unpaired) electrons. The van der Waals surface area contributed by atoms with Crippen LogP contribution in [0.1, 0.15) is 37.4 Å². The number of aliphatic hydroxyl groups excluding tert-OH is 1. The number of aliphatic hydroxyl groups is 1. The van der Waals surface area contributed by atoms with Gasteiger partial charge in [-0.3, -0.25) is 9.34 Å². The van der Waals surface area contributed by atoms with E-state index in [4.69, 9.17) is 9.47 Å². The summed E-state index contributed by atoms with van der Waals surface area (Å²) >= 11 is 3.63. The van der Waals surface area contributed by atoms with Crippen molar-refractivity contribution >= 4 is 24.2 Å². The van der Waals surface area contributed by atoms with Crippen LogP contribution in [-0.4, -0.2) is 67.1 Å². The van der Waals surface area contributed by atoms with Crippen LogP contribution in [0.2, 0.25) is 0 Å². The van der Waals surface area contributed by atoms with Gasteiger partial charge in [0, 0.05) is 63.7 Å². The first kappa shape index (κ1) is 24.1. The van der Waals surface area contributed by atoms with Crippen LogP contribution in [0.4, 0.5) is 0 Å². The maximum atomic E-state index is 11.4. The third-order valence-corrected chi connectivity index (χ3v) is 10.0. The van der Waals surface area contributed by atoms with E-state index in [9.17, 15) is 5.11 Å². The summed E-state index contributed by atoms with van der Waals surface area (Å²) in [7, 11) is 2.85. The van der Waals surface area contributed by atoms with Gasteiger partial charge >= 0.3 is 0 Å². The van der Waals surface area contributed by atoms with Gasteiger partial charge in [0.15, 0.2) is 0 Å². The summed E-state index contributed by atoms with van der Waals surface area (Å²) in [6.07, 6.45) is 10.5. The Bertz CT molecular complexity index is 687. The fourth-order valence-electron chi connectivity index (χ4n) is 4.99. The zero-order valence-electron chi connectivity index (χ0n) is 18.4. The molecule has 1 aromatic carbocycles. The summed E-state index contributed by atoms with van der Waals surface area (Å²) in [6, 6.07) is 8.80. The lowest BCUT2D eigenvalue weighted by atomic mass is 9.94. The molecule has 2 aliphatic heterocycles. The molecule has 0 aromatic heterocycles.